The minimum Gasteiger partial charge on any atom is -0.385 e. The maximum absolute atomic E-state index is 12.4. The molecule has 134 valence electrons. The molecule has 0 bridgehead atoms. The molecule has 1 aromatic carbocycles. The van der Waals surface area contributed by atoms with Crippen LogP contribution in [-0.4, -0.2) is 64.2 Å². The molecule has 0 spiro atoms. The summed E-state index contributed by atoms with van der Waals surface area (Å²) in [4.78, 5) is 27.8. The van der Waals surface area contributed by atoms with Crippen LogP contribution in [0.1, 0.15) is 30.1 Å². The Balaban J connectivity index is 2.51. The third-order valence-corrected chi connectivity index (χ3v) is 3.69. The van der Waals surface area contributed by atoms with Crippen molar-refractivity contribution in [1.82, 2.24) is 10.2 Å². The Morgan fingerprint density at radius 1 is 1.17 bits per heavy atom. The molecule has 0 saturated heterocycles. The van der Waals surface area contributed by atoms with Crippen LogP contribution in [0.15, 0.2) is 24.3 Å². The van der Waals surface area contributed by atoms with Crippen molar-refractivity contribution in [2.45, 2.75) is 19.8 Å². The first-order chi connectivity index (χ1) is 11.5. The van der Waals surface area contributed by atoms with Gasteiger partial charge >= 0.3 is 0 Å². The summed E-state index contributed by atoms with van der Waals surface area (Å²) >= 11 is 0. The highest BCUT2D eigenvalue weighted by molar-refractivity contribution is 5.96. The van der Waals surface area contributed by atoms with Gasteiger partial charge in [-0.05, 0) is 37.1 Å². The molecule has 0 aromatic heterocycles. The number of amides is 2. The lowest BCUT2D eigenvalue weighted by atomic mass is 10.1. The average Bonchev–Trinajstić information content (AvgIpc) is 2.58. The van der Waals surface area contributed by atoms with E-state index >= 15 is 0 Å². The van der Waals surface area contributed by atoms with Gasteiger partial charge in [0.2, 0.25) is 5.91 Å². The Morgan fingerprint density at radius 3 is 2.42 bits per heavy atom. The highest BCUT2D eigenvalue weighted by atomic mass is 16.5. The molecule has 0 aliphatic heterocycles. The monoisotopic (exact) mass is 335 g/mol. The Morgan fingerprint density at radius 2 is 1.83 bits per heavy atom. The molecule has 0 fully saturated rings. The van der Waals surface area contributed by atoms with Crippen LogP contribution >= 0.6 is 0 Å². The number of hydrogen-bond acceptors (Lipinski definition) is 4. The quantitative estimate of drug-likeness (QED) is 0.662. The minimum absolute atomic E-state index is 0.0449. The Labute approximate surface area is 144 Å². The van der Waals surface area contributed by atoms with E-state index in [-0.39, 0.29) is 18.4 Å². The number of likely N-dealkylation sites (N-methyl/N-ethyl adjacent to an activating group) is 1. The van der Waals surface area contributed by atoms with Gasteiger partial charge in [0.1, 0.15) is 0 Å². The summed E-state index contributed by atoms with van der Waals surface area (Å²) in [6.45, 7) is 4.30. The molecular formula is C18H29N3O3. The second-order valence-corrected chi connectivity index (χ2v) is 5.83. The molecular weight excluding hydrogens is 306 g/mol. The Bertz CT molecular complexity index is 517. The van der Waals surface area contributed by atoms with Gasteiger partial charge in [0.15, 0.2) is 0 Å². The van der Waals surface area contributed by atoms with Gasteiger partial charge in [-0.2, -0.15) is 0 Å². The van der Waals surface area contributed by atoms with Crippen LogP contribution in [0.3, 0.4) is 0 Å². The number of carbonyl (C=O) groups is 2. The lowest BCUT2D eigenvalue weighted by Crippen LogP contribution is -2.38. The summed E-state index contributed by atoms with van der Waals surface area (Å²) in [7, 11) is 5.29. The molecule has 0 aliphatic carbocycles. The standard InChI is InChI=1S/C18H29N3O3/c1-5-12-20(2)16-9-7-15(8-10-16)18(23)21(3)14-17(22)19-11-6-13-24-4/h7-10H,5-6,11-14H2,1-4H3,(H,19,22). The van der Waals surface area contributed by atoms with E-state index in [1.807, 2.05) is 19.2 Å². The van der Waals surface area contributed by atoms with Gasteiger partial charge in [-0.25, -0.2) is 0 Å². The molecule has 1 aromatic rings. The van der Waals surface area contributed by atoms with Crippen LogP contribution in [0.25, 0.3) is 0 Å². The van der Waals surface area contributed by atoms with Crippen molar-refractivity contribution in [3.05, 3.63) is 29.8 Å². The third kappa shape index (κ3) is 6.58. The molecule has 0 saturated carbocycles. The molecule has 6 heteroatoms. The zero-order chi connectivity index (χ0) is 17.9. The first kappa shape index (κ1) is 20.0. The molecule has 0 aliphatic rings. The fourth-order valence-corrected chi connectivity index (χ4v) is 2.33. The van der Waals surface area contributed by atoms with Crippen molar-refractivity contribution in [3.8, 4) is 0 Å². The lowest BCUT2D eigenvalue weighted by molar-refractivity contribution is -0.121. The van der Waals surface area contributed by atoms with Gasteiger partial charge in [0.05, 0.1) is 6.54 Å². The predicted octanol–water partition coefficient (Wildman–Crippen LogP) is 1.76. The number of nitrogens with zero attached hydrogens (tertiary/aromatic N) is 2. The van der Waals surface area contributed by atoms with Crippen LogP contribution in [0.2, 0.25) is 0 Å². The van der Waals surface area contributed by atoms with Crippen LogP contribution in [0.5, 0.6) is 0 Å². The normalized spacial score (nSPS) is 10.3. The summed E-state index contributed by atoms with van der Waals surface area (Å²) in [5, 5.41) is 2.77. The zero-order valence-corrected chi connectivity index (χ0v) is 15.2. The summed E-state index contributed by atoms with van der Waals surface area (Å²) in [5.41, 5.74) is 1.66. The van der Waals surface area contributed by atoms with E-state index in [4.69, 9.17) is 4.74 Å². The maximum atomic E-state index is 12.4. The number of anilines is 1. The second kappa shape index (κ2) is 10.6. The molecule has 0 atom stereocenters. The van der Waals surface area contributed by atoms with Gasteiger partial charge in [-0.15, -0.1) is 0 Å². The van der Waals surface area contributed by atoms with Crippen LogP contribution in [0.4, 0.5) is 5.69 Å². The van der Waals surface area contributed by atoms with Gasteiger partial charge in [-0.1, -0.05) is 6.92 Å². The van der Waals surface area contributed by atoms with Gasteiger partial charge in [0, 0.05) is 52.2 Å². The summed E-state index contributed by atoms with van der Waals surface area (Å²) in [5.74, 6) is -0.326. The van der Waals surface area contributed by atoms with E-state index in [0.717, 1.165) is 25.1 Å². The molecule has 1 rings (SSSR count). The van der Waals surface area contributed by atoms with E-state index in [9.17, 15) is 9.59 Å². The van der Waals surface area contributed by atoms with Gasteiger partial charge in [-0.3, -0.25) is 9.59 Å². The maximum Gasteiger partial charge on any atom is 0.254 e. The van der Waals surface area contributed by atoms with E-state index in [1.54, 1.807) is 26.3 Å². The summed E-state index contributed by atoms with van der Waals surface area (Å²) in [6.07, 6.45) is 1.83. The molecule has 2 amide bonds. The number of methoxy groups -OCH3 is 1. The first-order valence-electron chi connectivity index (χ1n) is 8.31. The van der Waals surface area contributed by atoms with Crippen molar-refractivity contribution < 1.29 is 14.3 Å². The number of rotatable bonds is 10. The summed E-state index contributed by atoms with van der Waals surface area (Å²) < 4.78 is 4.92. The lowest BCUT2D eigenvalue weighted by Gasteiger charge is -2.20. The highest BCUT2D eigenvalue weighted by Crippen LogP contribution is 2.15. The van der Waals surface area contributed by atoms with Crippen LogP contribution < -0.4 is 10.2 Å². The minimum atomic E-state index is -0.166. The first-order valence-corrected chi connectivity index (χ1v) is 8.31. The van der Waals surface area contributed by atoms with E-state index in [2.05, 4.69) is 17.1 Å². The highest BCUT2D eigenvalue weighted by Gasteiger charge is 2.15. The van der Waals surface area contributed by atoms with Crippen LogP contribution in [0, 0.1) is 0 Å². The number of benzene rings is 1. The molecule has 1 N–H and O–H groups in total. The number of hydrogen-bond donors (Lipinski definition) is 1. The average molecular weight is 335 g/mol. The Kier molecular flexibility index (Phi) is 8.86. The van der Waals surface area contributed by atoms with Crippen LogP contribution in [-0.2, 0) is 9.53 Å². The van der Waals surface area contributed by atoms with E-state index in [1.165, 1.54) is 4.90 Å². The smallest absolute Gasteiger partial charge is 0.254 e. The fraction of sp³-hybridized carbons (Fsp3) is 0.556. The topological polar surface area (TPSA) is 61.9 Å². The van der Waals surface area contributed by atoms with Gasteiger partial charge in [0.25, 0.3) is 5.91 Å². The van der Waals surface area contributed by atoms with Crippen molar-refractivity contribution in [1.29, 1.82) is 0 Å². The predicted molar refractivity (Wildman–Crippen MR) is 96.5 cm³/mol. The largest absolute Gasteiger partial charge is 0.385 e. The molecule has 6 nitrogen and oxygen atoms in total. The number of carbonyl (C=O) groups excluding carboxylic acids is 2. The fourth-order valence-electron chi connectivity index (χ4n) is 2.33. The van der Waals surface area contributed by atoms with Crippen molar-refractivity contribution >= 4 is 17.5 Å². The third-order valence-electron chi connectivity index (χ3n) is 3.69. The summed E-state index contributed by atoms with van der Waals surface area (Å²) in [6, 6.07) is 7.47. The SMILES string of the molecule is CCCN(C)c1ccc(C(=O)N(C)CC(=O)NCCCOC)cc1. The zero-order valence-electron chi connectivity index (χ0n) is 15.2. The number of nitrogens with one attached hydrogen (secondary N) is 1. The Hall–Kier alpha value is -2.08. The van der Waals surface area contributed by atoms with Crippen molar-refractivity contribution in [3.63, 3.8) is 0 Å². The molecule has 0 radical (unpaired) electrons. The van der Waals surface area contributed by atoms with E-state index in [0.29, 0.717) is 18.7 Å². The molecule has 24 heavy (non-hydrogen) atoms. The molecule has 0 heterocycles. The van der Waals surface area contributed by atoms with Crippen molar-refractivity contribution in [2.75, 3.05) is 52.3 Å². The van der Waals surface area contributed by atoms with Crippen molar-refractivity contribution in [2.24, 2.45) is 0 Å². The molecule has 0 unspecified atom stereocenters. The second-order valence-electron chi connectivity index (χ2n) is 5.83. The number of ether oxygens (including phenoxy) is 1. The van der Waals surface area contributed by atoms with E-state index < -0.39 is 0 Å². The van der Waals surface area contributed by atoms with Gasteiger partial charge < -0.3 is 19.9 Å².